The number of nitrogens with zero attached hydrogens (tertiary/aromatic N) is 3. The monoisotopic (exact) mass is 376 g/mol. The van der Waals surface area contributed by atoms with Crippen molar-refractivity contribution < 1.29 is 9.53 Å². The van der Waals surface area contributed by atoms with Crippen molar-refractivity contribution in [1.29, 1.82) is 0 Å². The van der Waals surface area contributed by atoms with Gasteiger partial charge in [0.05, 0.1) is 13.2 Å². The Hall–Kier alpha value is -1.89. The zero-order valence-corrected chi connectivity index (χ0v) is 16.8. The molecule has 0 aromatic carbocycles. The van der Waals surface area contributed by atoms with Gasteiger partial charge in [-0.05, 0) is 44.9 Å². The first kappa shape index (κ1) is 19.9. The molecule has 0 unspecified atom stereocenters. The van der Waals surface area contributed by atoms with Gasteiger partial charge in [0.25, 0.3) is 5.56 Å². The van der Waals surface area contributed by atoms with E-state index in [1.165, 1.54) is 12.8 Å². The highest BCUT2D eigenvalue weighted by molar-refractivity contribution is 5.76. The Kier molecular flexibility index (Phi) is 6.52. The van der Waals surface area contributed by atoms with E-state index < -0.39 is 0 Å². The average Bonchev–Trinajstić information content (AvgIpc) is 2.67. The molecular formula is C20H32N4O3. The van der Waals surface area contributed by atoms with Crippen LogP contribution in [0.4, 0.5) is 5.95 Å². The number of nitrogens with one attached hydrogen (secondary N) is 1. The molecule has 1 saturated heterocycles. The van der Waals surface area contributed by atoms with Gasteiger partial charge in [-0.2, -0.15) is 0 Å². The summed E-state index contributed by atoms with van der Waals surface area (Å²) >= 11 is 0. The van der Waals surface area contributed by atoms with Crippen LogP contribution < -0.4 is 10.5 Å². The molecule has 1 aliphatic heterocycles. The molecule has 0 bridgehead atoms. The third-order valence-corrected chi connectivity index (χ3v) is 6.04. The maximum absolute atomic E-state index is 12.6. The Labute approximate surface area is 161 Å². The van der Waals surface area contributed by atoms with E-state index in [2.05, 4.69) is 16.9 Å². The number of anilines is 1. The number of rotatable bonds is 5. The van der Waals surface area contributed by atoms with Gasteiger partial charge >= 0.3 is 0 Å². The molecule has 1 amide bonds. The molecule has 0 atom stereocenters. The molecule has 7 nitrogen and oxygen atoms in total. The van der Waals surface area contributed by atoms with Crippen LogP contribution in [0.2, 0.25) is 0 Å². The van der Waals surface area contributed by atoms with Gasteiger partial charge in [-0.1, -0.05) is 6.92 Å². The molecule has 0 spiro atoms. The van der Waals surface area contributed by atoms with Gasteiger partial charge in [0, 0.05) is 43.9 Å². The predicted octanol–water partition coefficient (Wildman–Crippen LogP) is 1.88. The normalized spacial score (nSPS) is 23.3. The summed E-state index contributed by atoms with van der Waals surface area (Å²) in [5, 5.41) is 0. The van der Waals surface area contributed by atoms with E-state index in [4.69, 9.17) is 4.74 Å². The highest BCUT2D eigenvalue weighted by Gasteiger charge is 2.25. The molecule has 150 valence electrons. The second-order valence-corrected chi connectivity index (χ2v) is 7.97. The lowest BCUT2D eigenvalue weighted by Gasteiger charge is -2.33. The molecule has 1 aromatic heterocycles. The van der Waals surface area contributed by atoms with Crippen LogP contribution in [0.1, 0.15) is 50.3 Å². The Morgan fingerprint density at radius 2 is 1.93 bits per heavy atom. The zero-order chi connectivity index (χ0) is 19.4. The third kappa shape index (κ3) is 4.89. The van der Waals surface area contributed by atoms with Crippen molar-refractivity contribution in [3.8, 4) is 0 Å². The largest absolute Gasteiger partial charge is 0.378 e. The molecule has 0 radical (unpaired) electrons. The minimum Gasteiger partial charge on any atom is -0.378 e. The summed E-state index contributed by atoms with van der Waals surface area (Å²) in [4.78, 5) is 36.5. The van der Waals surface area contributed by atoms with E-state index in [1.807, 2.05) is 23.8 Å². The summed E-state index contributed by atoms with van der Waals surface area (Å²) in [5.74, 6) is 1.48. The van der Waals surface area contributed by atoms with Gasteiger partial charge in [0.1, 0.15) is 0 Å². The maximum Gasteiger partial charge on any atom is 0.255 e. The van der Waals surface area contributed by atoms with E-state index in [0.29, 0.717) is 49.3 Å². The van der Waals surface area contributed by atoms with Crippen LogP contribution in [0, 0.1) is 12.8 Å². The topological polar surface area (TPSA) is 78.5 Å². The quantitative estimate of drug-likeness (QED) is 0.849. The molecule has 1 saturated carbocycles. The molecule has 1 aliphatic carbocycles. The second kappa shape index (κ2) is 8.87. The minimum atomic E-state index is -0.133. The number of hydrogen-bond acceptors (Lipinski definition) is 5. The van der Waals surface area contributed by atoms with E-state index in [1.54, 1.807) is 0 Å². The van der Waals surface area contributed by atoms with Gasteiger partial charge in [-0.15, -0.1) is 0 Å². The zero-order valence-electron chi connectivity index (χ0n) is 16.8. The number of aromatic amines is 1. The van der Waals surface area contributed by atoms with Crippen molar-refractivity contribution in [2.24, 2.45) is 5.92 Å². The number of aryl methyl sites for hydroxylation is 1. The van der Waals surface area contributed by atoms with E-state index >= 15 is 0 Å². The van der Waals surface area contributed by atoms with E-state index in [9.17, 15) is 9.59 Å². The van der Waals surface area contributed by atoms with Crippen LogP contribution in [0.15, 0.2) is 4.79 Å². The van der Waals surface area contributed by atoms with Gasteiger partial charge in [0.15, 0.2) is 0 Å². The summed E-state index contributed by atoms with van der Waals surface area (Å²) in [6.45, 7) is 6.87. The summed E-state index contributed by atoms with van der Waals surface area (Å²) in [6, 6.07) is 0.343. The molecule has 1 N–H and O–H groups in total. The first-order valence-corrected chi connectivity index (χ1v) is 10.1. The van der Waals surface area contributed by atoms with Crippen LogP contribution in [-0.4, -0.2) is 60.2 Å². The fraction of sp³-hybridized carbons (Fsp3) is 0.750. The van der Waals surface area contributed by atoms with E-state index in [-0.39, 0.29) is 11.5 Å². The molecular weight excluding hydrogens is 344 g/mol. The van der Waals surface area contributed by atoms with Crippen LogP contribution in [0.25, 0.3) is 0 Å². The number of amides is 1. The Morgan fingerprint density at radius 3 is 2.56 bits per heavy atom. The van der Waals surface area contributed by atoms with Crippen LogP contribution >= 0.6 is 0 Å². The predicted molar refractivity (Wildman–Crippen MR) is 105 cm³/mol. The summed E-state index contributed by atoms with van der Waals surface area (Å²) in [6.07, 6.45) is 5.33. The third-order valence-electron chi connectivity index (χ3n) is 6.04. The fourth-order valence-electron chi connectivity index (χ4n) is 4.06. The van der Waals surface area contributed by atoms with Crippen molar-refractivity contribution in [2.45, 2.75) is 58.4 Å². The molecule has 27 heavy (non-hydrogen) atoms. The van der Waals surface area contributed by atoms with Crippen LogP contribution in [0.3, 0.4) is 0 Å². The number of morpholine rings is 1. The Bertz CT molecular complexity index is 704. The van der Waals surface area contributed by atoms with Crippen molar-refractivity contribution in [1.82, 2.24) is 14.9 Å². The standard InChI is InChI=1S/C20H32N4O3/c1-14-4-6-16(7-5-14)23(3)18(25)9-8-17-15(2)21-20(22-19(17)26)24-10-12-27-13-11-24/h14,16H,4-13H2,1-3H3,(H,21,22,26). The van der Waals surface area contributed by atoms with Crippen LogP contribution in [0.5, 0.6) is 0 Å². The maximum atomic E-state index is 12.6. The van der Waals surface area contributed by atoms with Gasteiger partial charge in [-0.3, -0.25) is 14.6 Å². The summed E-state index contributed by atoms with van der Waals surface area (Å²) in [7, 11) is 1.90. The van der Waals surface area contributed by atoms with Crippen LogP contribution in [-0.2, 0) is 16.0 Å². The van der Waals surface area contributed by atoms with Crippen molar-refractivity contribution in [3.05, 3.63) is 21.6 Å². The molecule has 7 heteroatoms. The molecule has 3 rings (SSSR count). The number of carbonyl (C=O) groups is 1. The average molecular weight is 377 g/mol. The number of aromatic nitrogens is 2. The second-order valence-electron chi connectivity index (χ2n) is 7.97. The minimum absolute atomic E-state index is 0.116. The van der Waals surface area contributed by atoms with Crippen molar-refractivity contribution >= 4 is 11.9 Å². The summed E-state index contributed by atoms with van der Waals surface area (Å²) in [5.41, 5.74) is 1.19. The van der Waals surface area contributed by atoms with Gasteiger partial charge in [-0.25, -0.2) is 4.98 Å². The number of carbonyl (C=O) groups excluding carboxylic acids is 1. The molecule has 2 aliphatic rings. The lowest BCUT2D eigenvalue weighted by Crippen LogP contribution is -2.40. The SMILES string of the molecule is Cc1nc(N2CCOCC2)[nH]c(=O)c1CCC(=O)N(C)C1CCC(C)CC1. The smallest absolute Gasteiger partial charge is 0.255 e. The lowest BCUT2D eigenvalue weighted by molar-refractivity contribution is -0.132. The lowest BCUT2D eigenvalue weighted by atomic mass is 9.86. The Balaban J connectivity index is 1.60. The van der Waals surface area contributed by atoms with Gasteiger partial charge in [0.2, 0.25) is 11.9 Å². The first-order valence-electron chi connectivity index (χ1n) is 10.1. The van der Waals surface area contributed by atoms with Crippen molar-refractivity contribution in [3.63, 3.8) is 0 Å². The van der Waals surface area contributed by atoms with Crippen molar-refractivity contribution in [2.75, 3.05) is 38.3 Å². The fourth-order valence-corrected chi connectivity index (χ4v) is 4.06. The highest BCUT2D eigenvalue weighted by Crippen LogP contribution is 2.26. The molecule has 1 aromatic rings. The van der Waals surface area contributed by atoms with E-state index in [0.717, 1.165) is 31.8 Å². The summed E-state index contributed by atoms with van der Waals surface area (Å²) < 4.78 is 5.34. The number of ether oxygens (including phenoxy) is 1. The first-order chi connectivity index (χ1) is 13.0. The number of H-pyrrole nitrogens is 1. The van der Waals surface area contributed by atoms with Gasteiger partial charge < -0.3 is 14.5 Å². The molecule has 2 heterocycles. The Morgan fingerprint density at radius 1 is 1.26 bits per heavy atom. The number of hydrogen-bond donors (Lipinski definition) is 1. The molecule has 2 fully saturated rings. The highest BCUT2D eigenvalue weighted by atomic mass is 16.5.